The van der Waals surface area contributed by atoms with Crippen LogP contribution in [-0.2, 0) is 16.1 Å². The van der Waals surface area contributed by atoms with Gasteiger partial charge in [-0.15, -0.1) is 0 Å². The summed E-state index contributed by atoms with van der Waals surface area (Å²) in [4.78, 5) is 31.2. The van der Waals surface area contributed by atoms with E-state index in [1.165, 1.54) is 29.3 Å². The number of halogens is 1. The first-order valence-corrected chi connectivity index (χ1v) is 12.4. The molecule has 0 spiro atoms. The molecule has 0 N–H and O–H groups in total. The van der Waals surface area contributed by atoms with Gasteiger partial charge in [-0.25, -0.2) is 9.79 Å². The van der Waals surface area contributed by atoms with E-state index in [9.17, 15) is 9.59 Å². The Balaban J connectivity index is 1.49. The fourth-order valence-corrected chi connectivity index (χ4v) is 4.80. The fourth-order valence-electron chi connectivity index (χ4n) is 3.30. The number of esters is 1. The average Bonchev–Trinajstić information content (AvgIpc) is 3.11. The van der Waals surface area contributed by atoms with E-state index in [0.717, 1.165) is 21.3 Å². The van der Waals surface area contributed by atoms with Gasteiger partial charge in [0.15, 0.2) is 5.17 Å². The number of hydrogen-bond donors (Lipinski definition) is 0. The highest BCUT2D eigenvalue weighted by Crippen LogP contribution is 2.35. The molecule has 0 unspecified atom stereocenters. The zero-order valence-corrected chi connectivity index (χ0v) is 21.9. The Morgan fingerprint density at radius 1 is 1.11 bits per heavy atom. The number of hydrogen-bond acceptors (Lipinski definition) is 6. The molecule has 0 aromatic heterocycles. The lowest BCUT2D eigenvalue weighted by Gasteiger charge is -2.09. The number of methoxy groups -OCH3 is 1. The number of amidine groups is 1. The number of thioether (sulfide) groups is 1. The number of aliphatic imine (C=N–C) groups is 1. The molecule has 3 aromatic carbocycles. The van der Waals surface area contributed by atoms with Gasteiger partial charge in [0.1, 0.15) is 12.4 Å². The molecule has 1 fully saturated rings. The maximum atomic E-state index is 12.8. The van der Waals surface area contributed by atoms with E-state index in [1.807, 2.05) is 36.4 Å². The van der Waals surface area contributed by atoms with Gasteiger partial charge in [0.25, 0.3) is 5.91 Å². The van der Waals surface area contributed by atoms with Crippen molar-refractivity contribution >= 4 is 56.5 Å². The monoisotopic (exact) mass is 550 g/mol. The summed E-state index contributed by atoms with van der Waals surface area (Å²) in [5, 5.41) is 0.528. The number of carbonyl (C=O) groups excluding carboxylic acids is 2. The van der Waals surface area contributed by atoms with Crippen LogP contribution in [0.5, 0.6) is 5.75 Å². The summed E-state index contributed by atoms with van der Waals surface area (Å²) in [6, 6.07) is 20.7. The van der Waals surface area contributed by atoms with Crippen LogP contribution in [0.2, 0.25) is 0 Å². The second-order valence-electron chi connectivity index (χ2n) is 7.88. The first-order valence-electron chi connectivity index (χ1n) is 10.8. The van der Waals surface area contributed by atoms with Crippen molar-refractivity contribution in [2.45, 2.75) is 13.5 Å². The Kier molecular flexibility index (Phi) is 7.73. The molecule has 1 heterocycles. The van der Waals surface area contributed by atoms with Gasteiger partial charge in [-0.3, -0.25) is 9.69 Å². The largest absolute Gasteiger partial charge is 0.488 e. The summed E-state index contributed by atoms with van der Waals surface area (Å²) in [6.07, 6.45) is 1.82. The normalized spacial score (nSPS) is 15.7. The minimum Gasteiger partial charge on any atom is -0.488 e. The molecule has 0 aliphatic carbocycles. The number of aryl methyl sites for hydroxylation is 1. The number of likely N-dealkylation sites (N-methyl/N-ethyl adjacent to an activating group) is 1. The van der Waals surface area contributed by atoms with Crippen molar-refractivity contribution in [3.8, 4) is 5.75 Å². The highest BCUT2D eigenvalue weighted by Gasteiger charge is 2.30. The predicted molar refractivity (Wildman–Crippen MR) is 143 cm³/mol. The summed E-state index contributed by atoms with van der Waals surface area (Å²) < 4.78 is 11.5. The fraction of sp³-hybridized carbons (Fsp3) is 0.148. The maximum absolute atomic E-state index is 12.8. The molecule has 0 bridgehead atoms. The Morgan fingerprint density at radius 3 is 2.60 bits per heavy atom. The lowest BCUT2D eigenvalue weighted by Crippen LogP contribution is -2.23. The van der Waals surface area contributed by atoms with Crippen molar-refractivity contribution in [1.29, 1.82) is 0 Å². The standard InChI is InChI=1S/C27H23BrN2O4S/c1-17-7-9-18(10-8-17)16-34-23-12-11-19(13-22(23)28)14-24-25(31)30(2)27(35-24)29-21-6-4-5-20(15-21)26(32)33-3/h4-15H,16H2,1-3H3. The Morgan fingerprint density at radius 2 is 1.89 bits per heavy atom. The summed E-state index contributed by atoms with van der Waals surface area (Å²) in [7, 11) is 3.01. The van der Waals surface area contributed by atoms with Crippen LogP contribution in [0.1, 0.15) is 27.0 Å². The number of rotatable bonds is 6. The smallest absolute Gasteiger partial charge is 0.337 e. The van der Waals surface area contributed by atoms with E-state index in [2.05, 4.69) is 40.0 Å². The van der Waals surface area contributed by atoms with Crippen LogP contribution in [0.4, 0.5) is 5.69 Å². The third-order valence-corrected chi connectivity index (χ3v) is 6.94. The molecule has 0 saturated carbocycles. The topological polar surface area (TPSA) is 68.2 Å². The van der Waals surface area contributed by atoms with E-state index in [1.54, 1.807) is 31.3 Å². The molecule has 1 amide bonds. The quantitative estimate of drug-likeness (QED) is 0.264. The molecule has 1 aliphatic rings. The highest BCUT2D eigenvalue weighted by molar-refractivity contribution is 9.10. The molecule has 8 heteroatoms. The summed E-state index contributed by atoms with van der Waals surface area (Å²) >= 11 is 4.85. The molecule has 3 aromatic rings. The van der Waals surface area contributed by atoms with E-state index < -0.39 is 5.97 Å². The number of ether oxygens (including phenoxy) is 2. The third-order valence-electron chi connectivity index (χ3n) is 5.26. The number of benzene rings is 3. The zero-order chi connectivity index (χ0) is 24.9. The number of amides is 1. The van der Waals surface area contributed by atoms with Crippen molar-refractivity contribution in [3.05, 3.63) is 98.4 Å². The average molecular weight is 551 g/mol. The maximum Gasteiger partial charge on any atom is 0.337 e. The highest BCUT2D eigenvalue weighted by atomic mass is 79.9. The molecule has 178 valence electrons. The summed E-state index contributed by atoms with van der Waals surface area (Å²) in [5.74, 6) is 0.143. The van der Waals surface area contributed by atoms with Crippen LogP contribution in [0.3, 0.4) is 0 Å². The molecule has 35 heavy (non-hydrogen) atoms. The van der Waals surface area contributed by atoms with Crippen molar-refractivity contribution in [2.75, 3.05) is 14.2 Å². The first kappa shape index (κ1) is 24.8. The van der Waals surface area contributed by atoms with Crippen LogP contribution in [0.25, 0.3) is 6.08 Å². The van der Waals surface area contributed by atoms with E-state index in [4.69, 9.17) is 9.47 Å². The second kappa shape index (κ2) is 10.9. The van der Waals surface area contributed by atoms with Crippen molar-refractivity contribution < 1.29 is 19.1 Å². The van der Waals surface area contributed by atoms with Gasteiger partial charge < -0.3 is 9.47 Å². The van der Waals surface area contributed by atoms with Crippen LogP contribution in [0.15, 0.2) is 81.1 Å². The molecule has 6 nitrogen and oxygen atoms in total. The minimum absolute atomic E-state index is 0.145. The summed E-state index contributed by atoms with van der Waals surface area (Å²) in [5.41, 5.74) is 4.12. The second-order valence-corrected chi connectivity index (χ2v) is 9.74. The molecule has 0 atom stereocenters. The number of carbonyl (C=O) groups is 2. The van der Waals surface area contributed by atoms with Gasteiger partial charge in [0.05, 0.1) is 27.7 Å². The van der Waals surface area contributed by atoms with Crippen molar-refractivity contribution in [2.24, 2.45) is 4.99 Å². The van der Waals surface area contributed by atoms with E-state index in [0.29, 0.717) is 27.9 Å². The predicted octanol–water partition coefficient (Wildman–Crippen LogP) is 6.36. The van der Waals surface area contributed by atoms with Gasteiger partial charge in [-0.2, -0.15) is 0 Å². The first-order chi connectivity index (χ1) is 16.8. The van der Waals surface area contributed by atoms with Crippen LogP contribution < -0.4 is 4.74 Å². The zero-order valence-electron chi connectivity index (χ0n) is 19.4. The van der Waals surface area contributed by atoms with Crippen LogP contribution in [-0.4, -0.2) is 36.1 Å². The third kappa shape index (κ3) is 6.01. The Labute approximate surface area is 216 Å². The molecule has 1 aliphatic heterocycles. The van der Waals surface area contributed by atoms with E-state index in [-0.39, 0.29) is 5.91 Å². The Hall–Kier alpha value is -3.36. The van der Waals surface area contributed by atoms with Crippen LogP contribution in [0, 0.1) is 6.92 Å². The van der Waals surface area contributed by atoms with Crippen molar-refractivity contribution in [1.82, 2.24) is 4.90 Å². The molecule has 1 saturated heterocycles. The van der Waals surface area contributed by atoms with Crippen molar-refractivity contribution in [3.63, 3.8) is 0 Å². The summed E-state index contributed by atoms with van der Waals surface area (Å²) in [6.45, 7) is 2.52. The number of nitrogens with zero attached hydrogens (tertiary/aromatic N) is 2. The molecule has 0 radical (unpaired) electrons. The van der Waals surface area contributed by atoms with Gasteiger partial charge in [-0.1, -0.05) is 42.0 Å². The lowest BCUT2D eigenvalue weighted by molar-refractivity contribution is -0.121. The van der Waals surface area contributed by atoms with Gasteiger partial charge in [0, 0.05) is 7.05 Å². The minimum atomic E-state index is -0.437. The van der Waals surface area contributed by atoms with Gasteiger partial charge >= 0.3 is 5.97 Å². The molecular formula is C27H23BrN2O4S. The van der Waals surface area contributed by atoms with Gasteiger partial charge in [0.2, 0.25) is 0 Å². The molecule has 4 rings (SSSR count). The van der Waals surface area contributed by atoms with Gasteiger partial charge in [-0.05, 0) is 82.2 Å². The Bertz CT molecular complexity index is 1340. The van der Waals surface area contributed by atoms with E-state index >= 15 is 0 Å². The SMILES string of the molecule is COC(=O)c1cccc(N=C2SC(=Cc3ccc(OCc4ccc(C)cc4)c(Br)c3)C(=O)N2C)c1. The molecular weight excluding hydrogens is 528 g/mol. The van der Waals surface area contributed by atoms with Crippen LogP contribution >= 0.6 is 27.7 Å². The lowest BCUT2D eigenvalue weighted by atomic mass is 10.1.